The van der Waals surface area contributed by atoms with Gasteiger partial charge in [-0.15, -0.1) is 0 Å². The number of hydrogen-bond acceptors (Lipinski definition) is 2. The molecule has 0 radical (unpaired) electrons. The fourth-order valence-electron chi connectivity index (χ4n) is 2.51. The van der Waals surface area contributed by atoms with Crippen LogP contribution in [0.5, 0.6) is 0 Å². The van der Waals surface area contributed by atoms with E-state index in [0.717, 1.165) is 18.5 Å². The molecule has 102 valence electrons. The maximum Gasteiger partial charge on any atom is 0.00965 e. The van der Waals surface area contributed by atoms with Crippen LogP contribution in [0.4, 0.5) is 0 Å². The third-order valence-corrected chi connectivity index (χ3v) is 3.90. The van der Waals surface area contributed by atoms with Gasteiger partial charge in [0.25, 0.3) is 0 Å². The van der Waals surface area contributed by atoms with E-state index in [0.29, 0.717) is 0 Å². The van der Waals surface area contributed by atoms with Crippen LogP contribution in [0.2, 0.25) is 0 Å². The van der Waals surface area contributed by atoms with E-state index >= 15 is 0 Å². The fraction of sp³-hybridized carbons (Fsp3) is 1.00. The van der Waals surface area contributed by atoms with Crippen molar-refractivity contribution in [2.75, 3.05) is 19.6 Å². The second-order valence-electron chi connectivity index (χ2n) is 6.89. The van der Waals surface area contributed by atoms with Gasteiger partial charge in [-0.2, -0.15) is 0 Å². The average Bonchev–Trinajstić information content (AvgIpc) is 2.24. The SMILES string of the molecule is CC1CCN(C(C)CCCNC(C)(C)C)CC1. The molecule has 1 unspecified atom stereocenters. The lowest BCUT2D eigenvalue weighted by Crippen LogP contribution is -2.40. The van der Waals surface area contributed by atoms with Crippen LogP contribution >= 0.6 is 0 Å². The first kappa shape index (κ1) is 15.0. The summed E-state index contributed by atoms with van der Waals surface area (Å²) in [5, 5.41) is 3.57. The van der Waals surface area contributed by atoms with E-state index in [1.165, 1.54) is 38.8 Å². The van der Waals surface area contributed by atoms with Crippen molar-refractivity contribution in [2.45, 2.75) is 71.9 Å². The Morgan fingerprint density at radius 3 is 2.35 bits per heavy atom. The van der Waals surface area contributed by atoms with Gasteiger partial charge in [0.1, 0.15) is 0 Å². The second-order valence-corrected chi connectivity index (χ2v) is 6.89. The Morgan fingerprint density at radius 1 is 1.24 bits per heavy atom. The Morgan fingerprint density at radius 2 is 1.82 bits per heavy atom. The third-order valence-electron chi connectivity index (χ3n) is 3.90. The van der Waals surface area contributed by atoms with E-state index in [1.807, 2.05) is 0 Å². The number of nitrogens with one attached hydrogen (secondary N) is 1. The van der Waals surface area contributed by atoms with E-state index in [-0.39, 0.29) is 5.54 Å². The minimum absolute atomic E-state index is 0.268. The van der Waals surface area contributed by atoms with Crippen LogP contribution in [0.15, 0.2) is 0 Å². The summed E-state index contributed by atoms with van der Waals surface area (Å²) >= 11 is 0. The molecule has 1 rings (SSSR count). The molecule has 0 aromatic carbocycles. The molecule has 0 aromatic heterocycles. The summed E-state index contributed by atoms with van der Waals surface area (Å²) in [6.07, 6.45) is 5.41. The predicted molar refractivity (Wildman–Crippen MR) is 76.4 cm³/mol. The molecule has 1 aliphatic rings. The summed E-state index contributed by atoms with van der Waals surface area (Å²) < 4.78 is 0. The Labute approximate surface area is 108 Å². The Balaban J connectivity index is 2.10. The van der Waals surface area contributed by atoms with Crippen molar-refractivity contribution >= 4 is 0 Å². The van der Waals surface area contributed by atoms with E-state index in [9.17, 15) is 0 Å². The van der Waals surface area contributed by atoms with Crippen molar-refractivity contribution in [2.24, 2.45) is 5.92 Å². The molecule has 0 aliphatic carbocycles. The largest absolute Gasteiger partial charge is 0.312 e. The van der Waals surface area contributed by atoms with Gasteiger partial charge in [-0.1, -0.05) is 6.92 Å². The van der Waals surface area contributed by atoms with Gasteiger partial charge in [0.05, 0.1) is 0 Å². The highest BCUT2D eigenvalue weighted by molar-refractivity contribution is 4.75. The molecular formula is C15H32N2. The van der Waals surface area contributed by atoms with Gasteiger partial charge in [0.2, 0.25) is 0 Å². The minimum atomic E-state index is 0.268. The first-order valence-electron chi connectivity index (χ1n) is 7.37. The van der Waals surface area contributed by atoms with Crippen LogP contribution in [0.1, 0.15) is 60.3 Å². The molecule has 0 saturated carbocycles. The molecule has 2 nitrogen and oxygen atoms in total. The molecule has 1 N–H and O–H groups in total. The highest BCUT2D eigenvalue weighted by Gasteiger charge is 2.19. The van der Waals surface area contributed by atoms with Gasteiger partial charge in [0, 0.05) is 11.6 Å². The molecule has 1 heterocycles. The molecule has 1 aliphatic heterocycles. The lowest BCUT2D eigenvalue weighted by molar-refractivity contribution is 0.139. The van der Waals surface area contributed by atoms with E-state index in [4.69, 9.17) is 0 Å². The summed E-state index contributed by atoms with van der Waals surface area (Å²) in [5.41, 5.74) is 0.268. The Hall–Kier alpha value is -0.0800. The minimum Gasteiger partial charge on any atom is -0.312 e. The molecule has 0 bridgehead atoms. The highest BCUT2D eigenvalue weighted by Crippen LogP contribution is 2.19. The lowest BCUT2D eigenvalue weighted by Gasteiger charge is -2.35. The van der Waals surface area contributed by atoms with Crippen molar-refractivity contribution in [3.05, 3.63) is 0 Å². The molecular weight excluding hydrogens is 208 g/mol. The number of nitrogens with zero attached hydrogens (tertiary/aromatic N) is 1. The summed E-state index contributed by atoms with van der Waals surface area (Å²) in [5.74, 6) is 0.945. The maximum absolute atomic E-state index is 3.57. The monoisotopic (exact) mass is 240 g/mol. The third kappa shape index (κ3) is 6.42. The van der Waals surface area contributed by atoms with Crippen molar-refractivity contribution in [1.29, 1.82) is 0 Å². The number of rotatable bonds is 5. The van der Waals surface area contributed by atoms with E-state index in [1.54, 1.807) is 0 Å². The topological polar surface area (TPSA) is 15.3 Å². The van der Waals surface area contributed by atoms with Gasteiger partial charge in [-0.05, 0) is 78.9 Å². The summed E-state index contributed by atoms with van der Waals surface area (Å²) in [6, 6.07) is 0.768. The first-order chi connectivity index (χ1) is 7.88. The van der Waals surface area contributed by atoms with E-state index in [2.05, 4.69) is 44.8 Å². The molecule has 2 heteroatoms. The normalized spacial score (nSPS) is 21.7. The zero-order chi connectivity index (χ0) is 12.9. The average molecular weight is 240 g/mol. The zero-order valence-corrected chi connectivity index (χ0v) is 12.6. The summed E-state index contributed by atoms with van der Waals surface area (Å²) in [6.45, 7) is 15.3. The van der Waals surface area contributed by atoms with Gasteiger partial charge >= 0.3 is 0 Å². The quantitative estimate of drug-likeness (QED) is 0.742. The molecule has 17 heavy (non-hydrogen) atoms. The Bertz CT molecular complexity index is 199. The van der Waals surface area contributed by atoms with Crippen molar-refractivity contribution in [3.8, 4) is 0 Å². The van der Waals surface area contributed by atoms with Crippen molar-refractivity contribution in [3.63, 3.8) is 0 Å². The van der Waals surface area contributed by atoms with Gasteiger partial charge in [-0.3, -0.25) is 0 Å². The number of piperidine rings is 1. The van der Waals surface area contributed by atoms with Crippen LogP contribution in [0.25, 0.3) is 0 Å². The second kappa shape index (κ2) is 6.75. The lowest BCUT2D eigenvalue weighted by atomic mass is 9.97. The smallest absolute Gasteiger partial charge is 0.00965 e. The molecule has 0 aromatic rings. The first-order valence-corrected chi connectivity index (χ1v) is 7.37. The predicted octanol–water partition coefficient (Wildman–Crippen LogP) is 3.28. The maximum atomic E-state index is 3.57. The van der Waals surface area contributed by atoms with Crippen LogP contribution in [0, 0.1) is 5.92 Å². The number of likely N-dealkylation sites (tertiary alicyclic amines) is 1. The van der Waals surface area contributed by atoms with Gasteiger partial charge < -0.3 is 10.2 Å². The summed E-state index contributed by atoms with van der Waals surface area (Å²) in [4.78, 5) is 2.68. The molecule has 1 fully saturated rings. The molecule has 0 amide bonds. The Kier molecular flexibility index (Phi) is 5.94. The fourth-order valence-corrected chi connectivity index (χ4v) is 2.51. The number of hydrogen-bond donors (Lipinski definition) is 1. The van der Waals surface area contributed by atoms with Gasteiger partial charge in [-0.25, -0.2) is 0 Å². The standard InChI is InChI=1S/C15H32N2/c1-13-8-11-17(12-9-13)14(2)7-6-10-16-15(3,4)5/h13-14,16H,6-12H2,1-5H3. The van der Waals surface area contributed by atoms with Crippen LogP contribution in [-0.2, 0) is 0 Å². The van der Waals surface area contributed by atoms with Crippen LogP contribution in [-0.4, -0.2) is 36.1 Å². The summed E-state index contributed by atoms with van der Waals surface area (Å²) in [7, 11) is 0. The zero-order valence-electron chi connectivity index (χ0n) is 12.6. The van der Waals surface area contributed by atoms with Crippen molar-refractivity contribution in [1.82, 2.24) is 10.2 Å². The molecule has 1 atom stereocenters. The molecule has 0 spiro atoms. The molecule has 1 saturated heterocycles. The van der Waals surface area contributed by atoms with Gasteiger partial charge in [0.15, 0.2) is 0 Å². The van der Waals surface area contributed by atoms with E-state index < -0.39 is 0 Å². The van der Waals surface area contributed by atoms with Crippen LogP contribution in [0.3, 0.4) is 0 Å². The van der Waals surface area contributed by atoms with Crippen LogP contribution < -0.4 is 5.32 Å². The highest BCUT2D eigenvalue weighted by atomic mass is 15.2. The van der Waals surface area contributed by atoms with Crippen molar-refractivity contribution < 1.29 is 0 Å².